The fraction of sp³-hybridized carbons (Fsp3) is 0.286. The minimum absolute atomic E-state index is 0.149. The van der Waals surface area contributed by atoms with Crippen LogP contribution in [0.1, 0.15) is 12.5 Å². The monoisotopic (exact) mass is 243 g/mol. The first-order valence-corrected chi connectivity index (χ1v) is 5.66. The lowest BCUT2D eigenvalue weighted by Gasteiger charge is -2.14. The largest absolute Gasteiger partial charge is 0.380 e. The quantitative estimate of drug-likeness (QED) is 0.646. The summed E-state index contributed by atoms with van der Waals surface area (Å²) in [5.41, 5.74) is 1.81. The van der Waals surface area contributed by atoms with Crippen molar-refractivity contribution >= 4 is 5.91 Å². The van der Waals surface area contributed by atoms with E-state index in [1.165, 1.54) is 0 Å². The second-order valence-electron chi connectivity index (χ2n) is 4.13. The predicted molar refractivity (Wildman–Crippen MR) is 70.3 cm³/mol. The second kappa shape index (κ2) is 6.45. The van der Waals surface area contributed by atoms with E-state index < -0.39 is 0 Å². The van der Waals surface area contributed by atoms with Crippen LogP contribution in [0.2, 0.25) is 0 Å². The van der Waals surface area contributed by atoms with E-state index in [0.717, 1.165) is 5.56 Å². The molecule has 1 aromatic rings. The van der Waals surface area contributed by atoms with Gasteiger partial charge in [-0.3, -0.25) is 4.79 Å². The van der Waals surface area contributed by atoms with E-state index in [9.17, 15) is 4.79 Å². The van der Waals surface area contributed by atoms with Gasteiger partial charge < -0.3 is 10.2 Å². The van der Waals surface area contributed by atoms with E-state index in [1.54, 1.807) is 25.9 Å². The molecule has 0 spiro atoms. The van der Waals surface area contributed by atoms with Crippen molar-refractivity contribution in [2.75, 3.05) is 14.1 Å². The smallest absolute Gasteiger partial charge is 0.263 e. The highest BCUT2D eigenvalue weighted by Gasteiger charge is 2.13. The second-order valence-corrected chi connectivity index (χ2v) is 4.13. The van der Waals surface area contributed by atoms with Crippen molar-refractivity contribution in [1.82, 2.24) is 10.2 Å². The van der Waals surface area contributed by atoms with Crippen LogP contribution in [0, 0.1) is 11.3 Å². The van der Waals surface area contributed by atoms with Crippen molar-refractivity contribution < 1.29 is 4.79 Å². The highest BCUT2D eigenvalue weighted by atomic mass is 16.1. The molecule has 1 N–H and O–H groups in total. The number of benzene rings is 1. The van der Waals surface area contributed by atoms with E-state index in [-0.39, 0.29) is 11.5 Å². The molecule has 0 bridgehead atoms. The van der Waals surface area contributed by atoms with Crippen molar-refractivity contribution in [2.45, 2.75) is 13.5 Å². The van der Waals surface area contributed by atoms with Crippen LogP contribution < -0.4 is 5.32 Å². The van der Waals surface area contributed by atoms with Gasteiger partial charge in [0.1, 0.15) is 11.6 Å². The first-order chi connectivity index (χ1) is 8.56. The van der Waals surface area contributed by atoms with Gasteiger partial charge in [0.15, 0.2) is 0 Å². The van der Waals surface area contributed by atoms with Crippen LogP contribution >= 0.6 is 0 Å². The lowest BCUT2D eigenvalue weighted by Crippen LogP contribution is -2.26. The van der Waals surface area contributed by atoms with Crippen LogP contribution in [0.3, 0.4) is 0 Å². The Bertz CT molecular complexity index is 484. The minimum Gasteiger partial charge on any atom is -0.380 e. The number of nitrogens with one attached hydrogen (secondary N) is 1. The molecule has 0 fully saturated rings. The normalized spacial score (nSPS) is 11.2. The van der Waals surface area contributed by atoms with Crippen molar-refractivity contribution in [1.29, 1.82) is 5.26 Å². The molecule has 0 radical (unpaired) electrons. The van der Waals surface area contributed by atoms with Gasteiger partial charge in [-0.05, 0) is 12.5 Å². The highest BCUT2D eigenvalue weighted by molar-refractivity contribution is 5.97. The number of hydrogen-bond acceptors (Lipinski definition) is 3. The van der Waals surface area contributed by atoms with Gasteiger partial charge in [0.05, 0.1) is 0 Å². The van der Waals surface area contributed by atoms with Crippen LogP contribution in [0.15, 0.2) is 41.6 Å². The van der Waals surface area contributed by atoms with E-state index in [2.05, 4.69) is 5.32 Å². The van der Waals surface area contributed by atoms with Crippen molar-refractivity contribution in [3.05, 3.63) is 47.2 Å². The van der Waals surface area contributed by atoms with E-state index in [0.29, 0.717) is 12.2 Å². The molecule has 0 aliphatic heterocycles. The molecule has 4 nitrogen and oxygen atoms in total. The third-order valence-corrected chi connectivity index (χ3v) is 2.67. The van der Waals surface area contributed by atoms with Gasteiger partial charge in [-0.15, -0.1) is 0 Å². The molecule has 0 saturated heterocycles. The Balaban J connectivity index is 2.71. The Hall–Kier alpha value is -2.28. The zero-order chi connectivity index (χ0) is 13.5. The zero-order valence-electron chi connectivity index (χ0n) is 10.9. The Labute approximate surface area is 108 Å². The predicted octanol–water partition coefficient (Wildman–Crippen LogP) is 1.66. The van der Waals surface area contributed by atoms with Crippen molar-refractivity contribution in [2.24, 2.45) is 0 Å². The number of nitriles is 1. The van der Waals surface area contributed by atoms with Gasteiger partial charge in [0, 0.05) is 26.3 Å². The molecular formula is C14H17N3O. The number of hydrogen-bond donors (Lipinski definition) is 1. The highest BCUT2D eigenvalue weighted by Crippen LogP contribution is 2.06. The molecule has 0 atom stereocenters. The summed E-state index contributed by atoms with van der Waals surface area (Å²) in [4.78, 5) is 13.6. The number of rotatable bonds is 4. The molecule has 4 heteroatoms. The molecule has 0 aliphatic carbocycles. The molecule has 0 unspecified atom stereocenters. The first kappa shape index (κ1) is 13.8. The number of amides is 1. The van der Waals surface area contributed by atoms with Gasteiger partial charge in [-0.2, -0.15) is 5.26 Å². The summed E-state index contributed by atoms with van der Waals surface area (Å²) in [5, 5.41) is 11.8. The Kier molecular flexibility index (Phi) is 4.94. The topological polar surface area (TPSA) is 56.1 Å². The lowest BCUT2D eigenvalue weighted by atomic mass is 10.2. The van der Waals surface area contributed by atoms with Crippen LogP contribution in [0.5, 0.6) is 0 Å². The Morgan fingerprint density at radius 3 is 2.44 bits per heavy atom. The standard InChI is InChI=1S/C14H17N3O/c1-11(17(2)3)13(9-15)14(18)16-10-12-7-5-4-6-8-12/h4-8H,10H2,1-3H3,(H,16,18). The summed E-state index contributed by atoms with van der Waals surface area (Å²) in [5.74, 6) is -0.340. The number of allylic oxidation sites excluding steroid dienone is 1. The third kappa shape index (κ3) is 3.63. The molecule has 0 heterocycles. The van der Waals surface area contributed by atoms with Gasteiger partial charge in [0.25, 0.3) is 5.91 Å². The molecular weight excluding hydrogens is 226 g/mol. The Morgan fingerprint density at radius 2 is 1.94 bits per heavy atom. The first-order valence-electron chi connectivity index (χ1n) is 5.66. The lowest BCUT2D eigenvalue weighted by molar-refractivity contribution is -0.117. The third-order valence-electron chi connectivity index (χ3n) is 2.67. The van der Waals surface area contributed by atoms with Gasteiger partial charge in [-0.1, -0.05) is 30.3 Å². The minimum atomic E-state index is -0.340. The summed E-state index contributed by atoms with van der Waals surface area (Å²) in [7, 11) is 3.61. The van der Waals surface area contributed by atoms with Crippen LogP contribution in [-0.2, 0) is 11.3 Å². The number of carbonyl (C=O) groups excluding carboxylic acids is 1. The SMILES string of the molecule is CC(=C(C#N)C(=O)NCc1ccccc1)N(C)C. The molecule has 1 aromatic carbocycles. The Morgan fingerprint density at radius 1 is 1.33 bits per heavy atom. The summed E-state index contributed by atoms with van der Waals surface area (Å²) >= 11 is 0. The fourth-order valence-corrected chi connectivity index (χ4v) is 1.39. The molecule has 1 amide bonds. The van der Waals surface area contributed by atoms with Gasteiger partial charge in [-0.25, -0.2) is 0 Å². The molecule has 0 saturated carbocycles. The van der Waals surface area contributed by atoms with Gasteiger partial charge in [0.2, 0.25) is 0 Å². The average molecular weight is 243 g/mol. The molecule has 18 heavy (non-hydrogen) atoms. The number of nitrogens with zero attached hydrogens (tertiary/aromatic N) is 2. The average Bonchev–Trinajstić information content (AvgIpc) is 2.38. The van der Waals surface area contributed by atoms with Crippen LogP contribution in [0.4, 0.5) is 0 Å². The van der Waals surface area contributed by atoms with E-state index in [4.69, 9.17) is 5.26 Å². The maximum Gasteiger partial charge on any atom is 0.263 e. The van der Waals surface area contributed by atoms with Gasteiger partial charge >= 0.3 is 0 Å². The van der Waals surface area contributed by atoms with Crippen molar-refractivity contribution in [3.8, 4) is 6.07 Å². The molecule has 1 rings (SSSR count). The van der Waals surface area contributed by atoms with Crippen molar-refractivity contribution in [3.63, 3.8) is 0 Å². The zero-order valence-corrected chi connectivity index (χ0v) is 10.9. The van der Waals surface area contributed by atoms with E-state index in [1.807, 2.05) is 36.4 Å². The molecule has 0 aliphatic rings. The summed E-state index contributed by atoms with van der Waals surface area (Å²) in [6.45, 7) is 2.17. The maximum atomic E-state index is 11.9. The van der Waals surface area contributed by atoms with Crippen LogP contribution in [0.25, 0.3) is 0 Å². The maximum absolute atomic E-state index is 11.9. The van der Waals surface area contributed by atoms with E-state index >= 15 is 0 Å². The summed E-state index contributed by atoms with van der Waals surface area (Å²) in [6, 6.07) is 11.5. The molecule has 94 valence electrons. The number of carbonyl (C=O) groups is 1. The summed E-state index contributed by atoms with van der Waals surface area (Å²) in [6.07, 6.45) is 0. The summed E-state index contributed by atoms with van der Waals surface area (Å²) < 4.78 is 0. The van der Waals surface area contributed by atoms with Crippen LogP contribution in [-0.4, -0.2) is 24.9 Å². The molecule has 0 aromatic heterocycles. The fourth-order valence-electron chi connectivity index (χ4n) is 1.39.